The summed E-state index contributed by atoms with van der Waals surface area (Å²) in [6.07, 6.45) is -0.918. The van der Waals surface area contributed by atoms with E-state index in [0.717, 1.165) is 16.7 Å². The molecular weight excluding hydrogens is 693 g/mol. The average Bonchev–Trinajstić information content (AvgIpc) is 3.48. The second-order valence-electron chi connectivity index (χ2n) is 13.2. The molecule has 0 spiro atoms. The van der Waals surface area contributed by atoms with Crippen molar-refractivity contribution < 1.29 is 32.4 Å². The Morgan fingerprint density at radius 1 is 0.902 bits per heavy atom. The maximum Gasteiger partial charge on any atom is 0.411 e. The molecule has 1 saturated heterocycles. The smallest absolute Gasteiger partial charge is 0.411 e. The van der Waals surface area contributed by atoms with Crippen molar-refractivity contribution in [3.8, 4) is 0 Å². The Balaban J connectivity index is 1.60. The number of nitrogens with two attached hydrogens (primary N) is 1. The van der Waals surface area contributed by atoms with Gasteiger partial charge in [0.25, 0.3) is 15.9 Å². The fraction of sp³-hybridized carbons (Fsp3) is 0.297. The van der Waals surface area contributed by atoms with Gasteiger partial charge in [0.05, 0.1) is 9.67 Å². The summed E-state index contributed by atoms with van der Waals surface area (Å²) in [4.78, 5) is 40.2. The van der Waals surface area contributed by atoms with Crippen molar-refractivity contribution in [3.05, 3.63) is 148 Å². The number of benzene rings is 4. The molecule has 14 heteroatoms. The van der Waals surface area contributed by atoms with E-state index < -0.39 is 54.9 Å². The van der Waals surface area contributed by atoms with Gasteiger partial charge in [0.1, 0.15) is 12.2 Å². The quantitative estimate of drug-likeness (QED) is 0.0778. The van der Waals surface area contributed by atoms with Gasteiger partial charge in [-0.25, -0.2) is 14.7 Å². The van der Waals surface area contributed by atoms with E-state index in [9.17, 15) is 28.1 Å². The summed E-state index contributed by atoms with van der Waals surface area (Å²) in [7, 11) is -4.32. The minimum atomic E-state index is -4.32. The normalized spacial score (nSPS) is 17.9. The van der Waals surface area contributed by atoms with Crippen LogP contribution in [0.2, 0.25) is 0 Å². The molecule has 3 N–H and O–H groups in total. The molecule has 0 radical (unpaired) electrons. The molecule has 5 rings (SSSR count). The van der Waals surface area contributed by atoms with Crippen molar-refractivity contribution >= 4 is 39.7 Å². The van der Waals surface area contributed by atoms with Crippen molar-refractivity contribution in [3.63, 3.8) is 0 Å². The SMILES string of the molecule is CC(C)(C)OC(=O)[C@@]1(CNS(N)(=O)=O)C[C@H](SC(c2ccccc2)(c2ccccc2)c2ccccc2)CN1C(=O)OCc1ccc([N+](=O)[O-])cc1. The molecule has 4 aromatic rings. The van der Waals surface area contributed by atoms with Crippen molar-refractivity contribution in [2.75, 3.05) is 13.1 Å². The molecule has 1 aliphatic heterocycles. The molecule has 0 aromatic heterocycles. The van der Waals surface area contributed by atoms with Crippen LogP contribution in [0.1, 0.15) is 49.4 Å². The fourth-order valence-electron chi connectivity index (χ4n) is 6.19. The highest BCUT2D eigenvalue weighted by atomic mass is 32.2. The Hall–Kier alpha value is -4.76. The summed E-state index contributed by atoms with van der Waals surface area (Å²) < 4.78 is 37.6. The minimum Gasteiger partial charge on any atom is -0.458 e. The van der Waals surface area contributed by atoms with E-state index in [1.807, 2.05) is 91.0 Å². The molecule has 1 fully saturated rings. The molecule has 0 saturated carbocycles. The molecule has 2 atom stereocenters. The highest BCUT2D eigenvalue weighted by Gasteiger charge is 2.58. The number of nitrogens with one attached hydrogen (secondary N) is 1. The average molecular weight is 733 g/mol. The number of carbonyl (C=O) groups is 2. The number of ether oxygens (including phenoxy) is 2. The Labute approximate surface area is 301 Å². The molecule has 0 aliphatic carbocycles. The fourth-order valence-corrected chi connectivity index (χ4v) is 8.53. The number of hydrogen-bond donors (Lipinski definition) is 2. The standard InChI is InChI=1S/C37H40N4O8S2/c1-35(2,3)49-33(42)36(26-39-51(38,46)47)23-32(24-40(36)34(43)48-25-27-19-21-31(22-20-27)41(44)45)50-37(28-13-7-4-8-14-28,29-15-9-5-10-16-29)30-17-11-6-12-18-30/h4-22,32,39H,23-26H2,1-3H3,(H2,38,46,47)/t32-,36-/m0/s1. The lowest BCUT2D eigenvalue weighted by Crippen LogP contribution is -2.61. The number of thioether (sulfide) groups is 1. The van der Waals surface area contributed by atoms with E-state index >= 15 is 0 Å². The maximum absolute atomic E-state index is 14.3. The number of likely N-dealkylation sites (tertiary alicyclic amines) is 1. The Kier molecular flexibility index (Phi) is 11.2. The number of nitro benzene ring substituents is 1. The van der Waals surface area contributed by atoms with Gasteiger partial charge in [-0.15, -0.1) is 11.8 Å². The van der Waals surface area contributed by atoms with Gasteiger partial charge >= 0.3 is 12.1 Å². The first-order valence-electron chi connectivity index (χ1n) is 16.2. The first kappa shape index (κ1) is 37.5. The van der Waals surface area contributed by atoms with Crippen LogP contribution in [0.4, 0.5) is 10.5 Å². The van der Waals surface area contributed by atoms with Gasteiger partial charge in [-0.2, -0.15) is 13.1 Å². The number of nitrogens with zero attached hydrogens (tertiary/aromatic N) is 2. The van der Waals surface area contributed by atoms with E-state index in [4.69, 9.17) is 14.6 Å². The van der Waals surface area contributed by atoms with Crippen LogP contribution in [0.5, 0.6) is 0 Å². The summed E-state index contributed by atoms with van der Waals surface area (Å²) in [5.41, 5.74) is 0.362. The van der Waals surface area contributed by atoms with Crippen LogP contribution in [0.25, 0.3) is 0 Å². The number of hydrogen-bond acceptors (Lipinski definition) is 9. The second kappa shape index (κ2) is 15.2. The highest BCUT2D eigenvalue weighted by molar-refractivity contribution is 8.01. The van der Waals surface area contributed by atoms with E-state index in [1.54, 1.807) is 32.5 Å². The van der Waals surface area contributed by atoms with Gasteiger partial charge in [0, 0.05) is 30.5 Å². The number of carbonyl (C=O) groups excluding carboxylic acids is 2. The zero-order chi connectivity index (χ0) is 36.9. The summed E-state index contributed by atoms with van der Waals surface area (Å²) in [6, 6.07) is 35.2. The van der Waals surface area contributed by atoms with Gasteiger partial charge < -0.3 is 9.47 Å². The van der Waals surface area contributed by atoms with E-state index in [0.29, 0.717) is 5.56 Å². The van der Waals surface area contributed by atoms with E-state index in [2.05, 4.69) is 4.72 Å². The third kappa shape index (κ3) is 8.76. The number of nitro groups is 1. The van der Waals surface area contributed by atoms with Crippen LogP contribution in [-0.2, 0) is 35.8 Å². The van der Waals surface area contributed by atoms with Crippen molar-refractivity contribution in [1.82, 2.24) is 9.62 Å². The molecule has 1 amide bonds. The molecular formula is C37H40N4O8S2. The minimum absolute atomic E-state index is 0.0179. The maximum atomic E-state index is 14.3. The van der Waals surface area contributed by atoms with Crippen LogP contribution in [0, 0.1) is 10.1 Å². The Bertz CT molecular complexity index is 1840. The van der Waals surface area contributed by atoms with Crippen molar-refractivity contribution in [2.45, 2.75) is 54.9 Å². The summed E-state index contributed by atoms with van der Waals surface area (Å²) in [5, 5.41) is 16.0. The summed E-state index contributed by atoms with van der Waals surface area (Å²) in [5.74, 6) is -0.828. The van der Waals surface area contributed by atoms with Crippen molar-refractivity contribution in [2.24, 2.45) is 5.14 Å². The van der Waals surface area contributed by atoms with Crippen molar-refractivity contribution in [1.29, 1.82) is 0 Å². The first-order chi connectivity index (χ1) is 24.1. The molecule has 1 aliphatic rings. The molecule has 0 bridgehead atoms. The Morgan fingerprint density at radius 3 is 1.82 bits per heavy atom. The summed E-state index contributed by atoms with van der Waals surface area (Å²) in [6.45, 7) is 4.17. The molecule has 51 heavy (non-hydrogen) atoms. The predicted octanol–water partition coefficient (Wildman–Crippen LogP) is 5.90. The monoisotopic (exact) mass is 732 g/mol. The molecule has 4 aromatic carbocycles. The topological polar surface area (TPSA) is 171 Å². The van der Waals surface area contributed by atoms with Crippen LogP contribution < -0.4 is 9.86 Å². The van der Waals surface area contributed by atoms with Gasteiger partial charge in [-0.1, -0.05) is 91.0 Å². The number of esters is 1. The van der Waals surface area contributed by atoms with Crippen LogP contribution in [0.15, 0.2) is 115 Å². The van der Waals surface area contributed by atoms with Gasteiger partial charge in [-0.05, 0) is 61.6 Å². The third-order valence-electron chi connectivity index (χ3n) is 8.43. The van der Waals surface area contributed by atoms with Gasteiger partial charge in [0.15, 0.2) is 5.54 Å². The zero-order valence-corrected chi connectivity index (χ0v) is 30.1. The lowest BCUT2D eigenvalue weighted by molar-refractivity contribution is -0.384. The van der Waals surface area contributed by atoms with Gasteiger partial charge in [-0.3, -0.25) is 15.0 Å². The number of rotatable bonds is 12. The highest BCUT2D eigenvalue weighted by Crippen LogP contribution is 2.53. The van der Waals surface area contributed by atoms with Crippen LogP contribution >= 0.6 is 11.8 Å². The lowest BCUT2D eigenvalue weighted by atomic mass is 9.84. The Morgan fingerprint density at radius 2 is 1.39 bits per heavy atom. The third-order valence-corrected chi connectivity index (χ3v) is 10.7. The molecule has 12 nitrogen and oxygen atoms in total. The van der Waals surface area contributed by atoms with Gasteiger partial charge in [0.2, 0.25) is 0 Å². The lowest BCUT2D eigenvalue weighted by Gasteiger charge is -2.38. The van der Waals surface area contributed by atoms with E-state index in [-0.39, 0.29) is 25.3 Å². The number of amides is 1. The molecule has 0 unspecified atom stereocenters. The van der Waals surface area contributed by atoms with Crippen LogP contribution in [-0.4, -0.2) is 59.8 Å². The van der Waals surface area contributed by atoms with Crippen LogP contribution in [0.3, 0.4) is 0 Å². The largest absolute Gasteiger partial charge is 0.458 e. The van der Waals surface area contributed by atoms with E-state index in [1.165, 1.54) is 29.2 Å². The second-order valence-corrected chi connectivity index (χ2v) is 16.1. The molecule has 1 heterocycles. The zero-order valence-electron chi connectivity index (χ0n) is 28.4. The number of non-ortho nitro benzene ring substituents is 1. The molecule has 268 valence electrons. The first-order valence-corrected chi connectivity index (χ1v) is 18.6. The predicted molar refractivity (Wildman–Crippen MR) is 195 cm³/mol. The summed E-state index contributed by atoms with van der Waals surface area (Å²) >= 11 is 1.54.